The largest absolute Gasteiger partial charge is 0.449 e. The van der Waals surface area contributed by atoms with Gasteiger partial charge in [-0.05, 0) is 52.3 Å². The minimum Gasteiger partial charge on any atom is -0.449 e. The number of sulfone groups is 1. The van der Waals surface area contributed by atoms with Crippen molar-refractivity contribution in [1.29, 1.82) is 0 Å². The summed E-state index contributed by atoms with van der Waals surface area (Å²) >= 11 is 0. The lowest BCUT2D eigenvalue weighted by molar-refractivity contribution is -0.127. The van der Waals surface area contributed by atoms with Crippen LogP contribution in [0, 0.1) is 6.92 Å². The highest BCUT2D eigenvalue weighted by atomic mass is 32.2. The summed E-state index contributed by atoms with van der Waals surface area (Å²) in [6.07, 6.45) is -0.217. The van der Waals surface area contributed by atoms with Crippen molar-refractivity contribution in [3.63, 3.8) is 0 Å². The van der Waals surface area contributed by atoms with Crippen LogP contribution in [-0.4, -0.2) is 44.2 Å². The second-order valence-corrected chi connectivity index (χ2v) is 9.01. The molecule has 0 aliphatic carbocycles. The molecule has 0 aromatic heterocycles. The third-order valence-electron chi connectivity index (χ3n) is 3.24. The van der Waals surface area contributed by atoms with Crippen LogP contribution in [0.5, 0.6) is 0 Å². The summed E-state index contributed by atoms with van der Waals surface area (Å²) in [6.45, 7) is 8.17. The van der Waals surface area contributed by atoms with Gasteiger partial charge in [-0.25, -0.2) is 18.0 Å². The molecule has 2 N–H and O–H groups in total. The summed E-state index contributed by atoms with van der Waals surface area (Å²) < 4.78 is 28.3. The summed E-state index contributed by atoms with van der Waals surface area (Å²) in [7, 11) is -3.49. The summed E-state index contributed by atoms with van der Waals surface area (Å²) in [4.78, 5) is 35.9. The van der Waals surface area contributed by atoms with Gasteiger partial charge in [-0.3, -0.25) is 10.1 Å². The quantitative estimate of drug-likeness (QED) is 0.761. The van der Waals surface area contributed by atoms with Gasteiger partial charge in [-0.15, -0.1) is 0 Å². The summed E-state index contributed by atoms with van der Waals surface area (Å²) in [5.74, 6) is -1.65. The Morgan fingerprint density at radius 1 is 1.15 bits per heavy atom. The molecule has 1 aromatic rings. The van der Waals surface area contributed by atoms with E-state index in [1.165, 1.54) is 25.1 Å². The maximum atomic E-state index is 12.3. The fourth-order valence-electron chi connectivity index (χ4n) is 1.91. The number of imide groups is 1. The number of carbonyl (C=O) groups is 3. The van der Waals surface area contributed by atoms with Gasteiger partial charge >= 0.3 is 12.0 Å². The highest BCUT2D eigenvalue weighted by Crippen LogP contribution is 2.17. The predicted molar refractivity (Wildman–Crippen MR) is 95.6 cm³/mol. The molecular weight excluding hydrogens is 360 g/mol. The van der Waals surface area contributed by atoms with E-state index >= 15 is 0 Å². The Bertz CT molecular complexity index is 824. The Kier molecular flexibility index (Phi) is 6.54. The number of carbonyl (C=O) groups excluding carboxylic acids is 3. The summed E-state index contributed by atoms with van der Waals surface area (Å²) in [6, 6.07) is 3.35. The predicted octanol–water partition coefficient (Wildman–Crippen LogP) is 1.57. The van der Waals surface area contributed by atoms with Crippen molar-refractivity contribution in [2.75, 3.05) is 6.26 Å². The van der Waals surface area contributed by atoms with Gasteiger partial charge in [0.15, 0.2) is 15.9 Å². The molecule has 1 atom stereocenters. The molecule has 0 fully saturated rings. The highest BCUT2D eigenvalue weighted by Gasteiger charge is 2.24. The number of hydrogen-bond donors (Lipinski definition) is 2. The molecule has 1 rings (SSSR count). The van der Waals surface area contributed by atoms with Crippen LogP contribution in [0.3, 0.4) is 0 Å². The fraction of sp³-hybridized carbons (Fsp3) is 0.471. The molecule has 1 aromatic carbocycles. The molecule has 26 heavy (non-hydrogen) atoms. The Morgan fingerprint density at radius 2 is 1.73 bits per heavy atom. The number of aryl methyl sites for hydroxylation is 1. The number of ether oxygens (including phenoxy) is 1. The van der Waals surface area contributed by atoms with E-state index in [2.05, 4.69) is 10.6 Å². The minimum absolute atomic E-state index is 0.0308. The topological polar surface area (TPSA) is 119 Å². The third-order valence-corrected chi connectivity index (χ3v) is 4.35. The standard InChI is InChI=1S/C17H24N2O6S/c1-10-7-8-12(26(6,23)24)9-13(10)15(21)25-11(2)14(20)18-16(22)19-17(3,4)5/h7-9,11H,1-6H3,(H2,18,19,20,22)/t11-/m1/s1. The summed E-state index contributed by atoms with van der Waals surface area (Å²) in [5.41, 5.74) is 0.000194. The lowest BCUT2D eigenvalue weighted by Gasteiger charge is -2.21. The number of amides is 3. The molecule has 0 saturated carbocycles. The van der Waals surface area contributed by atoms with Crippen LogP contribution in [0.2, 0.25) is 0 Å². The number of hydrogen-bond acceptors (Lipinski definition) is 6. The van der Waals surface area contributed by atoms with Crippen molar-refractivity contribution in [1.82, 2.24) is 10.6 Å². The Hall–Kier alpha value is -2.42. The average molecular weight is 384 g/mol. The van der Waals surface area contributed by atoms with Crippen LogP contribution < -0.4 is 10.6 Å². The van der Waals surface area contributed by atoms with Gasteiger partial charge in [-0.2, -0.15) is 0 Å². The van der Waals surface area contributed by atoms with Crippen molar-refractivity contribution >= 4 is 27.7 Å². The van der Waals surface area contributed by atoms with Gasteiger partial charge in [0.05, 0.1) is 10.5 Å². The average Bonchev–Trinajstić information content (AvgIpc) is 2.43. The van der Waals surface area contributed by atoms with Crippen molar-refractivity contribution in [2.45, 2.75) is 51.2 Å². The second kappa shape index (κ2) is 7.86. The summed E-state index contributed by atoms with van der Waals surface area (Å²) in [5, 5.41) is 4.63. The van der Waals surface area contributed by atoms with Gasteiger partial charge in [0.1, 0.15) is 0 Å². The first-order valence-corrected chi connectivity index (χ1v) is 9.74. The van der Waals surface area contributed by atoms with Crippen molar-refractivity contribution in [3.05, 3.63) is 29.3 Å². The molecule has 0 aliphatic heterocycles. The van der Waals surface area contributed by atoms with E-state index in [1.54, 1.807) is 27.7 Å². The molecule has 9 heteroatoms. The van der Waals surface area contributed by atoms with E-state index < -0.39 is 39.4 Å². The van der Waals surface area contributed by atoms with Gasteiger partial charge in [0.2, 0.25) is 0 Å². The smallest absolute Gasteiger partial charge is 0.339 e. The lowest BCUT2D eigenvalue weighted by atomic mass is 10.1. The van der Waals surface area contributed by atoms with Gasteiger partial charge in [0, 0.05) is 11.8 Å². The molecule has 0 heterocycles. The van der Waals surface area contributed by atoms with Crippen LogP contribution in [-0.2, 0) is 19.4 Å². The van der Waals surface area contributed by atoms with Crippen molar-refractivity contribution in [3.8, 4) is 0 Å². The molecule has 144 valence electrons. The molecule has 3 amide bonds. The molecule has 8 nitrogen and oxygen atoms in total. The first-order valence-electron chi connectivity index (χ1n) is 7.85. The molecule has 0 saturated heterocycles. The molecule has 0 bridgehead atoms. The highest BCUT2D eigenvalue weighted by molar-refractivity contribution is 7.90. The van der Waals surface area contributed by atoms with E-state index in [-0.39, 0.29) is 10.5 Å². The Labute approximate surface area is 153 Å². The van der Waals surface area contributed by atoms with Gasteiger partial charge in [-0.1, -0.05) is 6.07 Å². The molecule has 0 radical (unpaired) electrons. The van der Waals surface area contributed by atoms with E-state index in [9.17, 15) is 22.8 Å². The van der Waals surface area contributed by atoms with Crippen LogP contribution in [0.15, 0.2) is 23.1 Å². The van der Waals surface area contributed by atoms with Crippen molar-refractivity contribution in [2.24, 2.45) is 0 Å². The fourth-order valence-corrected chi connectivity index (χ4v) is 2.56. The molecule has 0 spiro atoms. The van der Waals surface area contributed by atoms with Crippen molar-refractivity contribution < 1.29 is 27.5 Å². The van der Waals surface area contributed by atoms with E-state index in [1.807, 2.05) is 0 Å². The number of rotatable bonds is 4. The Balaban J connectivity index is 2.84. The first-order chi connectivity index (χ1) is 11.7. The minimum atomic E-state index is -3.49. The monoisotopic (exact) mass is 384 g/mol. The van der Waals surface area contributed by atoms with E-state index in [0.717, 1.165) is 6.26 Å². The zero-order chi connectivity index (χ0) is 20.3. The first kappa shape index (κ1) is 21.6. The maximum Gasteiger partial charge on any atom is 0.339 e. The number of urea groups is 1. The SMILES string of the molecule is Cc1ccc(S(C)(=O)=O)cc1C(=O)O[C@H](C)C(=O)NC(=O)NC(C)(C)C. The van der Waals surface area contributed by atoms with E-state index in [0.29, 0.717) is 5.56 Å². The zero-order valence-corrected chi connectivity index (χ0v) is 16.5. The van der Waals surface area contributed by atoms with E-state index in [4.69, 9.17) is 4.74 Å². The van der Waals surface area contributed by atoms with Crippen LogP contribution in [0.25, 0.3) is 0 Å². The maximum absolute atomic E-state index is 12.3. The molecule has 0 aliphatic rings. The second-order valence-electron chi connectivity index (χ2n) is 6.99. The number of esters is 1. The molecular formula is C17H24N2O6S. The van der Waals surface area contributed by atoms with Gasteiger partial charge < -0.3 is 10.1 Å². The van der Waals surface area contributed by atoms with Gasteiger partial charge in [0.25, 0.3) is 5.91 Å². The number of benzene rings is 1. The number of nitrogens with one attached hydrogen (secondary N) is 2. The Morgan fingerprint density at radius 3 is 2.23 bits per heavy atom. The van der Waals surface area contributed by atoms with Crippen LogP contribution >= 0.6 is 0 Å². The normalized spacial score (nSPS) is 12.8. The van der Waals surface area contributed by atoms with Crippen LogP contribution in [0.4, 0.5) is 4.79 Å². The van der Waals surface area contributed by atoms with Crippen LogP contribution in [0.1, 0.15) is 43.6 Å². The lowest BCUT2D eigenvalue weighted by Crippen LogP contribution is -2.50. The zero-order valence-electron chi connectivity index (χ0n) is 15.7. The third kappa shape index (κ3) is 6.47. The molecule has 0 unspecified atom stereocenters.